The van der Waals surface area contributed by atoms with Crippen LogP contribution in [0.15, 0.2) is 65.7 Å². The van der Waals surface area contributed by atoms with Crippen molar-refractivity contribution in [3.63, 3.8) is 0 Å². The van der Waals surface area contributed by atoms with Crippen molar-refractivity contribution in [2.75, 3.05) is 70.1 Å². The summed E-state index contributed by atoms with van der Waals surface area (Å²) >= 11 is 0. The van der Waals surface area contributed by atoms with E-state index in [1.54, 1.807) is 44.0 Å². The number of carbonyl (C=O) groups excluding carboxylic acids is 2. The number of aliphatic carboxylic acids is 2. The number of aromatic amines is 1. The number of nitrogens with zero attached hydrogens (tertiary/aromatic N) is 7. The lowest BCUT2D eigenvalue weighted by Gasteiger charge is -2.27. The number of aromatic nitrogens is 4. The molecule has 0 bridgehead atoms. The number of pyridine rings is 4. The summed E-state index contributed by atoms with van der Waals surface area (Å²) in [5.74, 6) is 0.466. The highest BCUT2D eigenvalue weighted by Crippen LogP contribution is 2.30. The highest BCUT2D eigenvalue weighted by atomic mass is 16.5. The number of carbonyl (C=O) groups is 4. The Balaban J connectivity index is 0.000000189. The number of amides is 4. The first-order valence-electron chi connectivity index (χ1n) is 21.7. The zero-order valence-corrected chi connectivity index (χ0v) is 35.6. The molecule has 0 aromatic carbocycles. The molecule has 334 valence electrons. The normalized spacial score (nSPS) is 16.6. The van der Waals surface area contributed by atoms with Gasteiger partial charge in [-0.3, -0.25) is 14.4 Å². The number of urea groups is 2. The molecular weight excluding hydrogens is 809 g/mol. The summed E-state index contributed by atoms with van der Waals surface area (Å²) in [6.07, 6.45) is 10.2. The van der Waals surface area contributed by atoms with Crippen LogP contribution >= 0.6 is 0 Å². The predicted octanol–water partition coefficient (Wildman–Crippen LogP) is 4.74. The third kappa shape index (κ3) is 11.4. The molecule has 18 nitrogen and oxygen atoms in total. The molecular formula is C45H56N10O8. The van der Waals surface area contributed by atoms with E-state index < -0.39 is 24.0 Å². The number of carboxylic acid groups (broad SMARTS) is 2. The van der Waals surface area contributed by atoms with Crippen molar-refractivity contribution >= 4 is 35.6 Å². The SMILES string of the molecule is COc1ccc(C(CC(=O)O)N2CCN(CCCc3ccc4c(n3)NCCC4)C2=O)cn1.O=C(O)CC(c1ccc(=O)[nH]c1)N1CCN(CCCc2ccc3c(n2)NCCC3)C1=O. The van der Waals surface area contributed by atoms with Gasteiger partial charge >= 0.3 is 24.0 Å². The molecule has 2 saturated heterocycles. The molecule has 0 radical (unpaired) electrons. The van der Waals surface area contributed by atoms with Crippen molar-refractivity contribution in [2.24, 2.45) is 0 Å². The Morgan fingerprint density at radius 2 is 1.22 bits per heavy atom. The van der Waals surface area contributed by atoms with Crippen LogP contribution in [0.3, 0.4) is 0 Å². The number of ether oxygens (including phenoxy) is 1. The van der Waals surface area contributed by atoms with Gasteiger partial charge in [0.25, 0.3) is 0 Å². The average molecular weight is 865 g/mol. The van der Waals surface area contributed by atoms with Gasteiger partial charge < -0.3 is 50.2 Å². The number of nitrogens with one attached hydrogen (secondary N) is 3. The third-order valence-corrected chi connectivity index (χ3v) is 11.9. The molecule has 4 amide bonds. The van der Waals surface area contributed by atoms with Crippen molar-refractivity contribution in [2.45, 2.75) is 76.3 Å². The molecule has 8 heterocycles. The summed E-state index contributed by atoms with van der Waals surface area (Å²) in [5.41, 5.74) is 5.59. The molecule has 0 aliphatic carbocycles. The lowest BCUT2D eigenvalue weighted by molar-refractivity contribution is -0.139. The van der Waals surface area contributed by atoms with Gasteiger partial charge in [-0.25, -0.2) is 24.5 Å². The Labute approximate surface area is 365 Å². The van der Waals surface area contributed by atoms with Crippen LogP contribution in [0.2, 0.25) is 0 Å². The van der Waals surface area contributed by atoms with Gasteiger partial charge in [-0.05, 0) is 85.8 Å². The molecule has 2 fully saturated rings. The largest absolute Gasteiger partial charge is 0.481 e. The average Bonchev–Trinajstić information content (AvgIpc) is 3.85. The van der Waals surface area contributed by atoms with Crippen LogP contribution in [-0.4, -0.2) is 133 Å². The van der Waals surface area contributed by atoms with E-state index in [0.717, 1.165) is 87.5 Å². The highest BCUT2D eigenvalue weighted by Gasteiger charge is 2.37. The number of H-pyrrole nitrogens is 1. The molecule has 4 aromatic rings. The van der Waals surface area contributed by atoms with Gasteiger partial charge in [0.05, 0.1) is 32.0 Å². The topological polar surface area (TPSA) is 227 Å². The molecule has 4 aromatic heterocycles. The summed E-state index contributed by atoms with van der Waals surface area (Å²) in [6.45, 7) is 5.20. The van der Waals surface area contributed by atoms with E-state index in [1.165, 1.54) is 30.5 Å². The monoisotopic (exact) mass is 864 g/mol. The van der Waals surface area contributed by atoms with Crippen molar-refractivity contribution in [3.8, 4) is 5.88 Å². The second kappa shape index (κ2) is 20.9. The lowest BCUT2D eigenvalue weighted by atomic mass is 10.0. The number of aryl methyl sites for hydroxylation is 4. The first-order chi connectivity index (χ1) is 30.6. The van der Waals surface area contributed by atoms with E-state index in [2.05, 4.69) is 44.9 Å². The van der Waals surface area contributed by atoms with Crippen molar-refractivity contribution in [1.29, 1.82) is 0 Å². The maximum atomic E-state index is 13.0. The van der Waals surface area contributed by atoms with Crippen LogP contribution in [0.25, 0.3) is 0 Å². The summed E-state index contributed by atoms with van der Waals surface area (Å²) < 4.78 is 5.08. The standard InChI is InChI=1S/C23H29N5O4.C22H27N5O4/c1-32-20-9-7-17(15-25-20)19(14-21(29)30)28-13-12-27(23(28)31)11-3-5-18-8-6-16-4-2-10-24-22(16)26-18;28-19-8-6-16(14-24-19)18(13-20(29)30)27-12-11-26(22(27)31)10-2-4-17-7-5-15-3-1-9-23-21(15)25-17/h6-9,15,19H,2-5,10-14H2,1H3,(H,24,26)(H,29,30);5-8,14,18H,1-4,9-13H2,(H,23,25)(H,24,28)(H,29,30). The van der Waals surface area contributed by atoms with Gasteiger partial charge in [-0.2, -0.15) is 0 Å². The molecule has 4 aliphatic rings. The number of hydrogen-bond acceptors (Lipinski definition) is 11. The van der Waals surface area contributed by atoms with E-state index in [-0.39, 0.29) is 30.5 Å². The smallest absolute Gasteiger partial charge is 0.320 e. The first kappa shape index (κ1) is 44.3. The van der Waals surface area contributed by atoms with E-state index in [1.807, 2.05) is 0 Å². The van der Waals surface area contributed by atoms with Crippen LogP contribution in [0.1, 0.15) is 84.3 Å². The van der Waals surface area contributed by atoms with Gasteiger partial charge in [0, 0.05) is 88.3 Å². The fourth-order valence-electron chi connectivity index (χ4n) is 8.60. The molecule has 2 unspecified atom stereocenters. The zero-order valence-electron chi connectivity index (χ0n) is 35.6. The number of rotatable bonds is 17. The molecule has 4 aliphatic heterocycles. The Bertz CT molecular complexity index is 2290. The van der Waals surface area contributed by atoms with Gasteiger partial charge in [-0.15, -0.1) is 0 Å². The molecule has 18 heteroatoms. The number of fused-ring (bicyclic) bond motifs is 2. The Morgan fingerprint density at radius 3 is 1.68 bits per heavy atom. The van der Waals surface area contributed by atoms with E-state index in [9.17, 15) is 34.2 Å². The van der Waals surface area contributed by atoms with Gasteiger partial charge in [0.2, 0.25) is 11.4 Å². The maximum Gasteiger partial charge on any atom is 0.320 e. The van der Waals surface area contributed by atoms with E-state index >= 15 is 0 Å². The Kier molecular flexibility index (Phi) is 14.7. The number of methoxy groups -OCH3 is 1. The van der Waals surface area contributed by atoms with Crippen molar-refractivity contribution in [1.82, 2.24) is 39.5 Å². The third-order valence-electron chi connectivity index (χ3n) is 11.9. The summed E-state index contributed by atoms with van der Waals surface area (Å²) in [6, 6.07) is 13.3. The van der Waals surface area contributed by atoms with Crippen molar-refractivity contribution < 1.29 is 34.1 Å². The molecule has 0 saturated carbocycles. The second-order valence-corrected chi connectivity index (χ2v) is 16.2. The highest BCUT2D eigenvalue weighted by molar-refractivity contribution is 5.79. The van der Waals surface area contributed by atoms with E-state index in [0.29, 0.717) is 56.3 Å². The number of carboxylic acids is 2. The van der Waals surface area contributed by atoms with Crippen LogP contribution < -0.4 is 20.9 Å². The molecule has 8 rings (SSSR count). The van der Waals surface area contributed by atoms with Crippen LogP contribution in [-0.2, 0) is 35.3 Å². The predicted molar refractivity (Wildman–Crippen MR) is 234 cm³/mol. The quantitative estimate of drug-likeness (QED) is 0.0968. The Morgan fingerprint density at radius 1 is 0.698 bits per heavy atom. The van der Waals surface area contributed by atoms with Gasteiger partial charge in [0.15, 0.2) is 0 Å². The van der Waals surface area contributed by atoms with Gasteiger partial charge in [-0.1, -0.05) is 24.3 Å². The summed E-state index contributed by atoms with van der Waals surface area (Å²) in [5, 5.41) is 25.4. The molecule has 63 heavy (non-hydrogen) atoms. The zero-order chi connectivity index (χ0) is 44.3. The summed E-state index contributed by atoms with van der Waals surface area (Å²) in [4.78, 5) is 83.2. The minimum atomic E-state index is -0.991. The molecule has 0 spiro atoms. The van der Waals surface area contributed by atoms with E-state index in [4.69, 9.17) is 14.7 Å². The van der Waals surface area contributed by atoms with Crippen molar-refractivity contribution in [3.05, 3.63) is 105 Å². The summed E-state index contributed by atoms with van der Waals surface area (Å²) in [7, 11) is 1.52. The minimum absolute atomic E-state index is 0.132. The first-order valence-corrected chi connectivity index (χ1v) is 21.7. The maximum absolute atomic E-state index is 13.0. The van der Waals surface area contributed by atoms with Gasteiger partial charge in [0.1, 0.15) is 11.6 Å². The van der Waals surface area contributed by atoms with Crippen LogP contribution in [0, 0.1) is 0 Å². The number of hydrogen-bond donors (Lipinski definition) is 5. The molecule has 5 N–H and O–H groups in total. The van der Waals surface area contributed by atoms with Crippen LogP contribution in [0.5, 0.6) is 5.88 Å². The van der Waals surface area contributed by atoms with Crippen LogP contribution in [0.4, 0.5) is 21.2 Å². The second-order valence-electron chi connectivity index (χ2n) is 16.2. The number of anilines is 2. The minimum Gasteiger partial charge on any atom is -0.481 e. The molecule has 2 atom stereocenters. The lowest BCUT2D eigenvalue weighted by Crippen LogP contribution is -2.36. The fourth-order valence-corrected chi connectivity index (χ4v) is 8.60. The fraction of sp³-hybridized carbons (Fsp3) is 0.467. The Hall–Kier alpha value is -6.72.